The number of ether oxygens (including phenoxy) is 2. The van der Waals surface area contributed by atoms with Gasteiger partial charge in [-0.3, -0.25) is 14.9 Å². The van der Waals surface area contributed by atoms with Crippen molar-refractivity contribution in [1.29, 1.82) is 0 Å². The Morgan fingerprint density at radius 1 is 0.967 bits per heavy atom. The highest BCUT2D eigenvalue weighted by molar-refractivity contribution is 6.05. The molecule has 0 aliphatic carbocycles. The van der Waals surface area contributed by atoms with Gasteiger partial charge in [-0.15, -0.1) is 0 Å². The molecule has 1 N–H and O–H groups in total. The zero-order chi connectivity index (χ0) is 21.3. The van der Waals surface area contributed by atoms with E-state index >= 15 is 0 Å². The molecule has 0 heterocycles. The standard InChI is InChI=1S/C23H22N2O5/c1-2-14-29-20-12-13-21(22(15-20)25(27)28)24-23(26)18-8-10-19(11-9-18)30-16-17-6-4-3-5-7-17/h3-13,15H,2,14,16H2,1H3,(H,24,26). The first-order valence-corrected chi connectivity index (χ1v) is 9.56. The van der Waals surface area contributed by atoms with Crippen LogP contribution in [0.15, 0.2) is 72.8 Å². The molecule has 30 heavy (non-hydrogen) atoms. The Bertz CT molecular complexity index is 1000. The first-order valence-electron chi connectivity index (χ1n) is 9.56. The molecule has 0 fully saturated rings. The van der Waals surface area contributed by atoms with E-state index in [1.807, 2.05) is 37.3 Å². The molecule has 1 amide bonds. The second kappa shape index (κ2) is 10.1. The van der Waals surface area contributed by atoms with Crippen LogP contribution in [-0.2, 0) is 6.61 Å². The summed E-state index contributed by atoms with van der Waals surface area (Å²) in [6.45, 7) is 2.83. The Morgan fingerprint density at radius 3 is 2.33 bits per heavy atom. The maximum atomic E-state index is 12.5. The van der Waals surface area contributed by atoms with Gasteiger partial charge in [0.2, 0.25) is 0 Å². The average Bonchev–Trinajstić information content (AvgIpc) is 2.77. The Balaban J connectivity index is 1.66. The molecule has 0 aromatic heterocycles. The number of rotatable bonds is 9. The fourth-order valence-corrected chi connectivity index (χ4v) is 2.72. The first-order chi connectivity index (χ1) is 14.6. The molecular formula is C23H22N2O5. The summed E-state index contributed by atoms with van der Waals surface area (Å²) in [4.78, 5) is 23.4. The average molecular weight is 406 g/mol. The second-order valence-electron chi connectivity index (χ2n) is 6.54. The number of nitro groups is 1. The number of carbonyl (C=O) groups is 1. The van der Waals surface area contributed by atoms with Crippen LogP contribution in [0.25, 0.3) is 0 Å². The molecule has 0 aliphatic rings. The molecular weight excluding hydrogens is 384 g/mol. The molecule has 0 saturated heterocycles. The number of nitro benzene ring substituents is 1. The van der Waals surface area contributed by atoms with Gasteiger partial charge in [-0.1, -0.05) is 37.3 Å². The van der Waals surface area contributed by atoms with E-state index in [4.69, 9.17) is 9.47 Å². The highest BCUT2D eigenvalue weighted by Gasteiger charge is 2.18. The van der Waals surface area contributed by atoms with Crippen LogP contribution in [0.1, 0.15) is 29.3 Å². The topological polar surface area (TPSA) is 90.7 Å². The smallest absolute Gasteiger partial charge is 0.296 e. The molecule has 154 valence electrons. The van der Waals surface area contributed by atoms with Crippen LogP contribution in [0.3, 0.4) is 0 Å². The van der Waals surface area contributed by atoms with E-state index in [-0.39, 0.29) is 11.4 Å². The molecule has 7 nitrogen and oxygen atoms in total. The van der Waals surface area contributed by atoms with Crippen molar-refractivity contribution in [3.05, 3.63) is 94.0 Å². The Morgan fingerprint density at radius 2 is 1.67 bits per heavy atom. The second-order valence-corrected chi connectivity index (χ2v) is 6.54. The number of nitrogens with zero attached hydrogens (tertiary/aromatic N) is 1. The van der Waals surface area contributed by atoms with Crippen LogP contribution in [0.2, 0.25) is 0 Å². The van der Waals surface area contributed by atoms with E-state index in [9.17, 15) is 14.9 Å². The van der Waals surface area contributed by atoms with Gasteiger partial charge in [-0.2, -0.15) is 0 Å². The molecule has 7 heteroatoms. The van der Waals surface area contributed by atoms with Crippen molar-refractivity contribution in [2.24, 2.45) is 0 Å². The molecule has 0 saturated carbocycles. The van der Waals surface area contributed by atoms with E-state index in [1.54, 1.807) is 30.3 Å². The third-order valence-electron chi connectivity index (χ3n) is 4.25. The summed E-state index contributed by atoms with van der Waals surface area (Å²) in [5.41, 5.74) is 1.29. The predicted molar refractivity (Wildman–Crippen MR) is 114 cm³/mol. The first kappa shape index (κ1) is 20.9. The molecule has 0 aliphatic heterocycles. The Labute approximate surface area is 174 Å². The van der Waals surface area contributed by atoms with Crippen molar-refractivity contribution in [3.8, 4) is 11.5 Å². The van der Waals surface area contributed by atoms with E-state index in [1.165, 1.54) is 12.1 Å². The molecule has 3 rings (SSSR count). The van der Waals surface area contributed by atoms with Crippen LogP contribution in [0, 0.1) is 10.1 Å². The number of hydrogen-bond acceptors (Lipinski definition) is 5. The minimum Gasteiger partial charge on any atom is -0.493 e. The monoisotopic (exact) mass is 406 g/mol. The number of nitrogens with one attached hydrogen (secondary N) is 1. The summed E-state index contributed by atoms with van der Waals surface area (Å²) in [6.07, 6.45) is 0.789. The van der Waals surface area contributed by atoms with E-state index < -0.39 is 10.8 Å². The van der Waals surface area contributed by atoms with Gasteiger partial charge in [-0.25, -0.2) is 0 Å². The van der Waals surface area contributed by atoms with Gasteiger partial charge >= 0.3 is 0 Å². The van der Waals surface area contributed by atoms with Crippen LogP contribution in [-0.4, -0.2) is 17.4 Å². The van der Waals surface area contributed by atoms with Crippen LogP contribution < -0.4 is 14.8 Å². The molecule has 3 aromatic rings. The van der Waals surface area contributed by atoms with E-state index in [0.717, 1.165) is 12.0 Å². The molecule has 0 unspecified atom stereocenters. The summed E-state index contributed by atoms with van der Waals surface area (Å²) in [7, 11) is 0. The summed E-state index contributed by atoms with van der Waals surface area (Å²) in [5, 5.41) is 14.0. The summed E-state index contributed by atoms with van der Waals surface area (Å²) < 4.78 is 11.1. The highest BCUT2D eigenvalue weighted by Crippen LogP contribution is 2.29. The van der Waals surface area contributed by atoms with Gasteiger partial charge < -0.3 is 14.8 Å². The number of amides is 1. The quantitative estimate of drug-likeness (QED) is 0.389. The van der Waals surface area contributed by atoms with Crippen LogP contribution in [0.5, 0.6) is 11.5 Å². The minimum absolute atomic E-state index is 0.109. The molecule has 0 radical (unpaired) electrons. The summed E-state index contributed by atoms with van der Waals surface area (Å²) in [6, 6.07) is 20.7. The molecule has 0 atom stereocenters. The molecule has 3 aromatic carbocycles. The van der Waals surface area contributed by atoms with Crippen LogP contribution >= 0.6 is 0 Å². The molecule has 0 spiro atoms. The van der Waals surface area contributed by atoms with E-state index in [0.29, 0.717) is 30.3 Å². The van der Waals surface area contributed by atoms with Gasteiger partial charge in [0.15, 0.2) is 0 Å². The van der Waals surface area contributed by atoms with Crippen molar-refractivity contribution in [1.82, 2.24) is 0 Å². The van der Waals surface area contributed by atoms with Crippen molar-refractivity contribution in [3.63, 3.8) is 0 Å². The lowest BCUT2D eigenvalue weighted by Gasteiger charge is -2.10. The van der Waals surface area contributed by atoms with E-state index in [2.05, 4.69) is 5.32 Å². The fraction of sp³-hybridized carbons (Fsp3) is 0.174. The Hall–Kier alpha value is -3.87. The summed E-state index contributed by atoms with van der Waals surface area (Å²) >= 11 is 0. The van der Waals surface area contributed by atoms with Crippen molar-refractivity contribution in [2.45, 2.75) is 20.0 Å². The maximum Gasteiger partial charge on any atom is 0.296 e. The lowest BCUT2D eigenvalue weighted by molar-refractivity contribution is -0.384. The third-order valence-corrected chi connectivity index (χ3v) is 4.25. The number of carbonyl (C=O) groups excluding carboxylic acids is 1. The van der Waals surface area contributed by atoms with Crippen molar-refractivity contribution < 1.29 is 19.2 Å². The number of anilines is 1. The van der Waals surface area contributed by atoms with Gasteiger partial charge in [0.1, 0.15) is 23.8 Å². The van der Waals surface area contributed by atoms with Crippen molar-refractivity contribution >= 4 is 17.3 Å². The van der Waals surface area contributed by atoms with Gasteiger partial charge in [-0.05, 0) is 48.4 Å². The zero-order valence-electron chi connectivity index (χ0n) is 16.5. The largest absolute Gasteiger partial charge is 0.493 e. The lowest BCUT2D eigenvalue weighted by Crippen LogP contribution is -2.13. The minimum atomic E-state index is -0.547. The summed E-state index contributed by atoms with van der Waals surface area (Å²) in [5.74, 6) is 0.565. The fourth-order valence-electron chi connectivity index (χ4n) is 2.72. The van der Waals surface area contributed by atoms with Gasteiger partial charge in [0.05, 0.1) is 17.6 Å². The van der Waals surface area contributed by atoms with Gasteiger partial charge in [0.25, 0.3) is 11.6 Å². The SMILES string of the molecule is CCCOc1ccc(NC(=O)c2ccc(OCc3ccccc3)cc2)c([N+](=O)[O-])c1. The zero-order valence-corrected chi connectivity index (χ0v) is 16.5. The normalized spacial score (nSPS) is 10.3. The van der Waals surface area contributed by atoms with Crippen LogP contribution in [0.4, 0.5) is 11.4 Å². The molecule has 0 bridgehead atoms. The number of hydrogen-bond donors (Lipinski definition) is 1. The number of benzene rings is 3. The van der Waals surface area contributed by atoms with Gasteiger partial charge in [0, 0.05) is 5.56 Å². The predicted octanol–water partition coefficient (Wildman–Crippen LogP) is 5.21. The third kappa shape index (κ3) is 5.57. The highest BCUT2D eigenvalue weighted by atomic mass is 16.6. The Kier molecular flexibility index (Phi) is 7.00. The van der Waals surface area contributed by atoms with Crippen molar-refractivity contribution in [2.75, 3.05) is 11.9 Å². The maximum absolute atomic E-state index is 12.5. The lowest BCUT2D eigenvalue weighted by atomic mass is 10.2.